The Balaban J connectivity index is 1.82. The molecule has 1 aromatic carbocycles. The number of halogens is 1. The van der Waals surface area contributed by atoms with Crippen LogP contribution in [0.1, 0.15) is 48.8 Å². The number of amides is 2. The fourth-order valence-electron chi connectivity index (χ4n) is 4.55. The number of benzene rings is 1. The first-order valence-corrected chi connectivity index (χ1v) is 12.7. The smallest absolute Gasteiger partial charge is 0.410 e. The van der Waals surface area contributed by atoms with Crippen LogP contribution in [0.15, 0.2) is 35.5 Å². The van der Waals surface area contributed by atoms with E-state index in [1.807, 2.05) is 0 Å². The number of hydrogen-bond donors (Lipinski definition) is 3. The maximum atomic E-state index is 13.7. The van der Waals surface area contributed by atoms with Gasteiger partial charge in [-0.2, -0.15) is 0 Å². The van der Waals surface area contributed by atoms with Gasteiger partial charge in [-0.3, -0.25) is 15.1 Å². The summed E-state index contributed by atoms with van der Waals surface area (Å²) in [5.74, 6) is -0.237. The lowest BCUT2D eigenvalue weighted by Gasteiger charge is -2.44. The maximum absolute atomic E-state index is 13.7. The highest BCUT2D eigenvalue weighted by Gasteiger charge is 2.58. The van der Waals surface area contributed by atoms with Crippen molar-refractivity contribution in [1.29, 1.82) is 0 Å². The van der Waals surface area contributed by atoms with Crippen molar-refractivity contribution in [2.45, 2.75) is 49.7 Å². The molecule has 2 aliphatic heterocycles. The Kier molecular flexibility index (Phi) is 6.05. The summed E-state index contributed by atoms with van der Waals surface area (Å²) < 4.78 is 31.7. The number of hydrogen-bond acceptors (Lipinski definition) is 7. The highest BCUT2D eigenvalue weighted by molar-refractivity contribution is 7.94. The zero-order valence-electron chi connectivity index (χ0n) is 19.5. The minimum Gasteiger partial charge on any atom is -0.493 e. The van der Waals surface area contributed by atoms with Gasteiger partial charge >= 0.3 is 6.09 Å². The average Bonchev–Trinajstić information content (AvgIpc) is 2.89. The number of amidine groups is 1. The first-order valence-electron chi connectivity index (χ1n) is 10.8. The molecule has 4 rings (SSSR count). The Morgan fingerprint density at radius 3 is 2.57 bits per heavy atom. The first kappa shape index (κ1) is 24.9. The molecule has 2 atom stereocenters. The molecule has 10 nitrogen and oxygen atoms in total. The number of anilines is 1. The molecule has 0 bridgehead atoms. The Bertz CT molecular complexity index is 1370. The summed E-state index contributed by atoms with van der Waals surface area (Å²) in [6.07, 6.45) is 0.127. The van der Waals surface area contributed by atoms with Crippen LogP contribution in [0.4, 0.5) is 10.5 Å². The van der Waals surface area contributed by atoms with Gasteiger partial charge in [0.2, 0.25) is 0 Å². The van der Waals surface area contributed by atoms with E-state index in [2.05, 4.69) is 20.6 Å². The van der Waals surface area contributed by atoms with Crippen LogP contribution >= 0.6 is 11.6 Å². The van der Waals surface area contributed by atoms with Gasteiger partial charge in [-0.05, 0) is 57.5 Å². The number of sulfone groups is 1. The molecular weight excluding hydrogens is 496 g/mol. The second-order valence-corrected chi connectivity index (χ2v) is 12.3. The number of ether oxygens (including phenoxy) is 1. The third-order valence-electron chi connectivity index (χ3n) is 6.53. The monoisotopic (exact) mass is 520 g/mol. The molecule has 0 saturated carbocycles. The van der Waals surface area contributed by atoms with Crippen molar-refractivity contribution in [3.05, 3.63) is 52.3 Å². The highest BCUT2D eigenvalue weighted by Crippen LogP contribution is 2.48. The van der Waals surface area contributed by atoms with Gasteiger partial charge in [0.15, 0.2) is 9.84 Å². The molecule has 0 radical (unpaired) electrons. The van der Waals surface area contributed by atoms with E-state index in [9.17, 15) is 23.1 Å². The molecule has 0 unspecified atom stereocenters. The van der Waals surface area contributed by atoms with E-state index in [1.54, 1.807) is 38.1 Å². The molecule has 0 saturated heterocycles. The second-order valence-electron chi connectivity index (χ2n) is 9.20. The van der Waals surface area contributed by atoms with Crippen molar-refractivity contribution in [2.75, 3.05) is 11.9 Å². The topological polar surface area (TPSA) is 147 Å². The molecule has 3 N–H and O–H groups in total. The van der Waals surface area contributed by atoms with Crippen molar-refractivity contribution in [1.82, 2.24) is 10.3 Å². The molecule has 35 heavy (non-hydrogen) atoms. The Hall–Kier alpha value is -3.18. The molecule has 0 fully saturated rings. The average molecular weight is 521 g/mol. The predicted octanol–water partition coefficient (Wildman–Crippen LogP) is 3.54. The number of carbonyl (C=O) groups excluding carboxylic acids is 1. The lowest BCUT2D eigenvalue weighted by atomic mass is 9.86. The molecule has 2 aromatic rings. The summed E-state index contributed by atoms with van der Waals surface area (Å²) in [5.41, 5.74) is 0.211. The third-order valence-corrected chi connectivity index (χ3v) is 9.80. The van der Waals surface area contributed by atoms with Gasteiger partial charge in [-0.1, -0.05) is 11.6 Å². The van der Waals surface area contributed by atoms with E-state index in [0.717, 1.165) is 0 Å². The zero-order chi connectivity index (χ0) is 25.8. The summed E-state index contributed by atoms with van der Waals surface area (Å²) in [6, 6.07) is 6.49. The van der Waals surface area contributed by atoms with E-state index in [0.29, 0.717) is 27.6 Å². The van der Waals surface area contributed by atoms with Gasteiger partial charge in [-0.25, -0.2) is 18.2 Å². The van der Waals surface area contributed by atoms with Crippen molar-refractivity contribution in [3.8, 4) is 5.75 Å². The quantitative estimate of drug-likeness (QED) is 0.548. The SMILES string of the molecule is Cc1cc(Cl)cnc1C(=O)Nc1ccc2c(c1)[C@@]1(C)N=C(NC(=O)O)C(C)(C)S(=O)(=O)[C@@H]1CCO2. The number of carboxylic acid groups (broad SMARTS) is 1. The lowest BCUT2D eigenvalue weighted by molar-refractivity contribution is 0.102. The third kappa shape index (κ3) is 4.12. The van der Waals surface area contributed by atoms with Crippen LogP contribution in [-0.4, -0.2) is 52.9 Å². The van der Waals surface area contributed by atoms with Gasteiger partial charge < -0.3 is 15.2 Å². The van der Waals surface area contributed by atoms with E-state index in [-0.39, 0.29) is 24.6 Å². The zero-order valence-corrected chi connectivity index (χ0v) is 21.1. The summed E-state index contributed by atoms with van der Waals surface area (Å²) in [4.78, 5) is 33.0. The minimum atomic E-state index is -3.92. The molecular formula is C23H25ClN4O6S. The summed E-state index contributed by atoms with van der Waals surface area (Å²) in [6.45, 7) is 6.35. The van der Waals surface area contributed by atoms with E-state index in [4.69, 9.17) is 16.3 Å². The van der Waals surface area contributed by atoms with Crippen LogP contribution < -0.4 is 15.4 Å². The van der Waals surface area contributed by atoms with Crippen LogP contribution in [0.25, 0.3) is 0 Å². The number of rotatable bonds is 2. The molecule has 12 heteroatoms. The number of carbonyl (C=O) groups is 2. The largest absolute Gasteiger partial charge is 0.493 e. The number of nitrogens with one attached hydrogen (secondary N) is 2. The molecule has 186 valence electrons. The number of aryl methyl sites for hydroxylation is 1. The summed E-state index contributed by atoms with van der Waals surface area (Å²) in [5, 5.41) is 13.7. The van der Waals surface area contributed by atoms with Gasteiger partial charge in [-0.15, -0.1) is 0 Å². The van der Waals surface area contributed by atoms with Gasteiger partial charge in [0.1, 0.15) is 27.6 Å². The van der Waals surface area contributed by atoms with Gasteiger partial charge in [0, 0.05) is 23.9 Å². The Morgan fingerprint density at radius 2 is 1.91 bits per heavy atom. The molecule has 0 aliphatic carbocycles. The van der Waals surface area contributed by atoms with Gasteiger partial charge in [0.05, 0.1) is 16.9 Å². The molecule has 2 aliphatic rings. The standard InChI is InChI=1S/C23H25ClN4O6S/c1-12-9-13(24)11-25-18(12)19(29)26-14-5-6-16-15(10-14)23(4)17(7-8-34-16)35(32,33)22(2,3)20(28-23)27-21(30)31/h5-6,9-11,17H,7-8H2,1-4H3,(H,26,29)(H,27,28)(H,30,31)/t17-,23-/m1/s1. The predicted molar refractivity (Wildman–Crippen MR) is 131 cm³/mol. The van der Waals surface area contributed by atoms with Crippen molar-refractivity contribution >= 4 is 45.0 Å². The fraction of sp³-hybridized carbons (Fsp3) is 0.391. The molecule has 2 amide bonds. The number of pyridine rings is 1. The van der Waals surface area contributed by atoms with Gasteiger partial charge in [0.25, 0.3) is 5.91 Å². The first-order chi connectivity index (χ1) is 16.3. The van der Waals surface area contributed by atoms with Crippen LogP contribution in [0, 0.1) is 6.92 Å². The van der Waals surface area contributed by atoms with Crippen molar-refractivity contribution in [2.24, 2.45) is 4.99 Å². The second kappa shape index (κ2) is 8.49. The van der Waals surface area contributed by atoms with E-state index < -0.39 is 37.4 Å². The Morgan fingerprint density at radius 1 is 1.20 bits per heavy atom. The van der Waals surface area contributed by atoms with Crippen LogP contribution in [0.2, 0.25) is 5.02 Å². The molecule has 3 heterocycles. The molecule has 0 spiro atoms. The van der Waals surface area contributed by atoms with Crippen molar-refractivity contribution in [3.63, 3.8) is 0 Å². The lowest BCUT2D eigenvalue weighted by Crippen LogP contribution is -2.61. The van der Waals surface area contributed by atoms with Crippen LogP contribution in [0.3, 0.4) is 0 Å². The summed E-state index contributed by atoms with van der Waals surface area (Å²) >= 11 is 5.93. The van der Waals surface area contributed by atoms with Crippen molar-refractivity contribution < 1.29 is 27.9 Å². The number of nitrogens with zero attached hydrogens (tertiary/aromatic N) is 2. The maximum Gasteiger partial charge on any atom is 0.410 e. The molecule has 1 aromatic heterocycles. The number of aliphatic imine (C=N–C) groups is 1. The van der Waals surface area contributed by atoms with Crippen LogP contribution in [0.5, 0.6) is 5.75 Å². The minimum absolute atomic E-state index is 0.138. The Labute approximate surface area is 207 Å². The highest BCUT2D eigenvalue weighted by atomic mass is 35.5. The number of aromatic nitrogens is 1. The van der Waals surface area contributed by atoms with Crippen LogP contribution in [-0.2, 0) is 15.4 Å². The normalized spacial score (nSPS) is 24.0. The van der Waals surface area contributed by atoms with E-state index in [1.165, 1.54) is 20.0 Å². The fourth-order valence-corrected chi connectivity index (χ4v) is 7.03. The van der Waals surface area contributed by atoms with E-state index >= 15 is 0 Å². The summed E-state index contributed by atoms with van der Waals surface area (Å²) in [7, 11) is -3.92. The number of fused-ring (bicyclic) bond motifs is 3.